The average Bonchev–Trinajstić information content (AvgIpc) is 3.02. The normalized spacial score (nSPS) is 25.7. The van der Waals surface area contributed by atoms with Crippen molar-refractivity contribution >= 4 is 23.2 Å². The predicted molar refractivity (Wildman–Crippen MR) is 80.3 cm³/mol. The van der Waals surface area contributed by atoms with E-state index in [0.717, 1.165) is 17.8 Å². The number of carbonyl (C=O) groups excluding carboxylic acids is 2. The maximum Gasteiger partial charge on any atom is 0.232 e. The molecular formula is C16H20N2O3. The highest BCUT2D eigenvalue weighted by Gasteiger charge is 2.35. The molecule has 0 aliphatic carbocycles. The number of fused-ring (bicyclic) bond motifs is 1. The van der Waals surface area contributed by atoms with E-state index in [2.05, 4.69) is 0 Å². The SMILES string of the molecule is CC1CN(C(=O)C2CCOC2)c2ccccc2N(C)C1=O. The lowest BCUT2D eigenvalue weighted by molar-refractivity contribution is -0.123. The second kappa shape index (κ2) is 5.48. The first-order chi connectivity index (χ1) is 10.1. The van der Waals surface area contributed by atoms with Crippen molar-refractivity contribution < 1.29 is 14.3 Å². The molecule has 0 saturated carbocycles. The van der Waals surface area contributed by atoms with Crippen LogP contribution in [0.5, 0.6) is 0 Å². The molecular weight excluding hydrogens is 268 g/mol. The minimum absolute atomic E-state index is 0.0421. The number of hydrogen-bond acceptors (Lipinski definition) is 3. The molecule has 2 aliphatic heterocycles. The molecule has 0 bridgehead atoms. The molecule has 0 spiro atoms. The fraction of sp³-hybridized carbons (Fsp3) is 0.500. The van der Waals surface area contributed by atoms with Gasteiger partial charge in [0.05, 0.1) is 29.8 Å². The molecule has 2 amide bonds. The van der Waals surface area contributed by atoms with Gasteiger partial charge >= 0.3 is 0 Å². The molecule has 2 heterocycles. The monoisotopic (exact) mass is 288 g/mol. The maximum atomic E-state index is 12.8. The zero-order valence-electron chi connectivity index (χ0n) is 12.4. The number of hydrogen-bond donors (Lipinski definition) is 0. The Balaban J connectivity index is 2.00. The molecule has 112 valence electrons. The van der Waals surface area contributed by atoms with Gasteiger partial charge in [-0.2, -0.15) is 0 Å². The van der Waals surface area contributed by atoms with E-state index in [-0.39, 0.29) is 23.7 Å². The summed E-state index contributed by atoms with van der Waals surface area (Å²) in [4.78, 5) is 28.6. The fourth-order valence-electron chi connectivity index (χ4n) is 3.03. The van der Waals surface area contributed by atoms with Crippen molar-refractivity contribution in [1.29, 1.82) is 0 Å². The molecule has 0 aromatic heterocycles. The molecule has 2 atom stereocenters. The van der Waals surface area contributed by atoms with Crippen molar-refractivity contribution in [3.8, 4) is 0 Å². The van der Waals surface area contributed by atoms with Crippen LogP contribution in [0.15, 0.2) is 24.3 Å². The van der Waals surface area contributed by atoms with Crippen LogP contribution in [0.2, 0.25) is 0 Å². The fourth-order valence-corrected chi connectivity index (χ4v) is 3.03. The summed E-state index contributed by atoms with van der Waals surface area (Å²) < 4.78 is 5.33. The lowest BCUT2D eigenvalue weighted by atomic mass is 10.1. The van der Waals surface area contributed by atoms with E-state index >= 15 is 0 Å². The van der Waals surface area contributed by atoms with Crippen molar-refractivity contribution in [1.82, 2.24) is 0 Å². The summed E-state index contributed by atoms with van der Waals surface area (Å²) >= 11 is 0. The second-order valence-corrected chi connectivity index (χ2v) is 5.80. The van der Waals surface area contributed by atoms with Gasteiger partial charge in [0.2, 0.25) is 11.8 Å². The highest BCUT2D eigenvalue weighted by atomic mass is 16.5. The van der Waals surface area contributed by atoms with E-state index in [0.29, 0.717) is 19.8 Å². The van der Waals surface area contributed by atoms with Gasteiger partial charge in [0.15, 0.2) is 0 Å². The van der Waals surface area contributed by atoms with Gasteiger partial charge in [0.1, 0.15) is 0 Å². The van der Waals surface area contributed by atoms with Crippen LogP contribution in [0.3, 0.4) is 0 Å². The van der Waals surface area contributed by atoms with Crippen molar-refractivity contribution in [2.24, 2.45) is 11.8 Å². The van der Waals surface area contributed by atoms with Crippen molar-refractivity contribution in [3.63, 3.8) is 0 Å². The van der Waals surface area contributed by atoms with Gasteiger partial charge in [0.25, 0.3) is 0 Å². The van der Waals surface area contributed by atoms with Gasteiger partial charge in [0, 0.05) is 20.2 Å². The molecule has 3 rings (SSSR count). The summed E-state index contributed by atoms with van der Waals surface area (Å²) in [6, 6.07) is 7.58. The zero-order chi connectivity index (χ0) is 15.0. The number of benzene rings is 1. The van der Waals surface area contributed by atoms with Gasteiger partial charge in [-0.3, -0.25) is 9.59 Å². The summed E-state index contributed by atoms with van der Waals surface area (Å²) in [5, 5.41) is 0. The van der Waals surface area contributed by atoms with Gasteiger partial charge in [-0.05, 0) is 18.6 Å². The van der Waals surface area contributed by atoms with Crippen LogP contribution in [0.25, 0.3) is 0 Å². The summed E-state index contributed by atoms with van der Waals surface area (Å²) in [5.74, 6) is -0.201. The third-order valence-electron chi connectivity index (χ3n) is 4.29. The number of amides is 2. The highest BCUT2D eigenvalue weighted by Crippen LogP contribution is 2.34. The average molecular weight is 288 g/mol. The van der Waals surface area contributed by atoms with Crippen LogP contribution in [-0.4, -0.2) is 38.6 Å². The molecule has 0 radical (unpaired) electrons. The Bertz CT molecular complexity index is 566. The zero-order valence-corrected chi connectivity index (χ0v) is 12.4. The number of carbonyl (C=O) groups is 2. The van der Waals surface area contributed by atoms with E-state index in [4.69, 9.17) is 4.74 Å². The van der Waals surface area contributed by atoms with E-state index in [1.807, 2.05) is 31.2 Å². The van der Waals surface area contributed by atoms with Crippen LogP contribution in [0, 0.1) is 11.8 Å². The van der Waals surface area contributed by atoms with Crippen LogP contribution in [-0.2, 0) is 14.3 Å². The molecule has 2 unspecified atom stereocenters. The predicted octanol–water partition coefficient (Wildman–Crippen LogP) is 1.67. The number of anilines is 2. The molecule has 1 aromatic carbocycles. The molecule has 1 fully saturated rings. The minimum atomic E-state index is -0.214. The van der Waals surface area contributed by atoms with Crippen molar-refractivity contribution in [2.75, 3.05) is 36.6 Å². The summed E-state index contributed by atoms with van der Waals surface area (Å²) in [5.41, 5.74) is 1.61. The molecule has 5 nitrogen and oxygen atoms in total. The van der Waals surface area contributed by atoms with E-state index in [1.165, 1.54) is 0 Å². The Morgan fingerprint density at radius 2 is 2.00 bits per heavy atom. The Hall–Kier alpha value is -1.88. The van der Waals surface area contributed by atoms with E-state index in [1.54, 1.807) is 16.8 Å². The lowest BCUT2D eigenvalue weighted by Crippen LogP contribution is -2.40. The molecule has 1 aromatic rings. The second-order valence-electron chi connectivity index (χ2n) is 5.80. The van der Waals surface area contributed by atoms with Crippen molar-refractivity contribution in [2.45, 2.75) is 13.3 Å². The first-order valence-electron chi connectivity index (χ1n) is 7.35. The largest absolute Gasteiger partial charge is 0.381 e. The summed E-state index contributed by atoms with van der Waals surface area (Å²) in [6.07, 6.45) is 0.760. The van der Waals surface area contributed by atoms with Crippen LogP contribution < -0.4 is 9.80 Å². The van der Waals surface area contributed by atoms with Gasteiger partial charge in [-0.1, -0.05) is 19.1 Å². The topological polar surface area (TPSA) is 49.9 Å². The van der Waals surface area contributed by atoms with Crippen LogP contribution >= 0.6 is 0 Å². The third kappa shape index (κ3) is 2.42. The quantitative estimate of drug-likeness (QED) is 0.790. The van der Waals surface area contributed by atoms with Crippen molar-refractivity contribution in [3.05, 3.63) is 24.3 Å². The highest BCUT2D eigenvalue weighted by molar-refractivity contribution is 6.06. The summed E-state index contributed by atoms with van der Waals surface area (Å²) in [6.45, 7) is 3.42. The Morgan fingerprint density at radius 3 is 2.67 bits per heavy atom. The first-order valence-corrected chi connectivity index (χ1v) is 7.35. The van der Waals surface area contributed by atoms with Gasteiger partial charge in [-0.15, -0.1) is 0 Å². The van der Waals surface area contributed by atoms with E-state index in [9.17, 15) is 9.59 Å². The molecule has 2 aliphatic rings. The van der Waals surface area contributed by atoms with Crippen LogP contribution in [0.4, 0.5) is 11.4 Å². The maximum absolute atomic E-state index is 12.8. The van der Waals surface area contributed by atoms with E-state index < -0.39 is 0 Å². The smallest absolute Gasteiger partial charge is 0.232 e. The summed E-state index contributed by atoms with van der Waals surface area (Å²) in [7, 11) is 1.77. The lowest BCUT2D eigenvalue weighted by Gasteiger charge is -2.26. The van der Waals surface area contributed by atoms with Gasteiger partial charge < -0.3 is 14.5 Å². The minimum Gasteiger partial charge on any atom is -0.381 e. The third-order valence-corrected chi connectivity index (χ3v) is 4.29. The molecule has 5 heteroatoms. The molecule has 21 heavy (non-hydrogen) atoms. The number of nitrogens with zero attached hydrogens (tertiary/aromatic N) is 2. The number of ether oxygens (including phenoxy) is 1. The standard InChI is InChI=1S/C16H20N2O3/c1-11-9-18(16(20)12-7-8-21-10-12)14-6-4-3-5-13(14)17(2)15(11)19/h3-6,11-12H,7-10H2,1-2H3. The Labute approximate surface area is 124 Å². The molecule has 1 saturated heterocycles. The van der Waals surface area contributed by atoms with Crippen LogP contribution in [0.1, 0.15) is 13.3 Å². The Kier molecular flexibility index (Phi) is 3.68. The first kappa shape index (κ1) is 14.1. The Morgan fingerprint density at radius 1 is 1.29 bits per heavy atom. The van der Waals surface area contributed by atoms with Gasteiger partial charge in [-0.25, -0.2) is 0 Å². The number of para-hydroxylation sites is 2. The molecule has 0 N–H and O–H groups in total. The number of rotatable bonds is 1.